The molecule has 0 saturated carbocycles. The van der Waals surface area contributed by atoms with Crippen LogP contribution < -0.4 is 11.1 Å². The lowest BCUT2D eigenvalue weighted by molar-refractivity contribution is 0.0896. The molecule has 1 saturated heterocycles. The standard InChI is InChI=1S/C12H17ClN2O/c13-9-1-2-11(14)10(7-9)12(16)8-3-5-15-6-4-8/h1-2,7-8,12,15-16H,3-6,14H2. The van der Waals surface area contributed by atoms with Crippen LogP contribution in [0.2, 0.25) is 5.02 Å². The van der Waals surface area contributed by atoms with E-state index < -0.39 is 6.10 Å². The van der Waals surface area contributed by atoms with Crippen LogP contribution in [0.15, 0.2) is 18.2 Å². The first-order valence-corrected chi connectivity index (χ1v) is 6.00. The van der Waals surface area contributed by atoms with Crippen molar-refractivity contribution in [3.05, 3.63) is 28.8 Å². The molecule has 88 valence electrons. The van der Waals surface area contributed by atoms with Crippen molar-refractivity contribution in [2.24, 2.45) is 5.92 Å². The molecular weight excluding hydrogens is 224 g/mol. The molecule has 1 aliphatic heterocycles. The molecule has 2 rings (SSSR count). The van der Waals surface area contributed by atoms with Crippen LogP contribution in [0.5, 0.6) is 0 Å². The topological polar surface area (TPSA) is 58.3 Å². The molecule has 0 bridgehead atoms. The number of aliphatic hydroxyl groups excluding tert-OH is 1. The van der Waals surface area contributed by atoms with Crippen LogP contribution in [-0.2, 0) is 0 Å². The first-order valence-electron chi connectivity index (χ1n) is 5.62. The summed E-state index contributed by atoms with van der Waals surface area (Å²) in [6, 6.07) is 5.26. The highest BCUT2D eigenvalue weighted by molar-refractivity contribution is 6.30. The maximum Gasteiger partial charge on any atom is 0.0839 e. The summed E-state index contributed by atoms with van der Waals surface area (Å²) in [7, 11) is 0. The van der Waals surface area contributed by atoms with E-state index in [0.717, 1.165) is 31.5 Å². The zero-order valence-corrected chi connectivity index (χ0v) is 9.87. The fraction of sp³-hybridized carbons (Fsp3) is 0.500. The Morgan fingerprint density at radius 2 is 2.06 bits per heavy atom. The van der Waals surface area contributed by atoms with E-state index in [2.05, 4.69) is 5.32 Å². The molecule has 1 aromatic rings. The smallest absolute Gasteiger partial charge is 0.0839 e. The lowest BCUT2D eigenvalue weighted by Crippen LogP contribution is -2.31. The van der Waals surface area contributed by atoms with Gasteiger partial charge in [0.05, 0.1) is 6.10 Å². The molecule has 1 fully saturated rings. The molecule has 4 N–H and O–H groups in total. The summed E-state index contributed by atoms with van der Waals surface area (Å²) in [5.41, 5.74) is 7.25. The predicted octanol–water partition coefficient (Wildman–Crippen LogP) is 1.96. The third kappa shape index (κ3) is 2.48. The lowest BCUT2D eigenvalue weighted by atomic mass is 9.87. The van der Waals surface area contributed by atoms with Crippen LogP contribution in [0.3, 0.4) is 0 Å². The van der Waals surface area contributed by atoms with Gasteiger partial charge in [-0.25, -0.2) is 0 Å². The van der Waals surface area contributed by atoms with Gasteiger partial charge in [-0.05, 0) is 50.0 Å². The molecule has 0 spiro atoms. The van der Waals surface area contributed by atoms with E-state index in [-0.39, 0.29) is 5.92 Å². The highest BCUT2D eigenvalue weighted by Gasteiger charge is 2.24. The fourth-order valence-corrected chi connectivity index (χ4v) is 2.40. The molecule has 0 aliphatic carbocycles. The van der Waals surface area contributed by atoms with Crippen molar-refractivity contribution in [2.45, 2.75) is 18.9 Å². The monoisotopic (exact) mass is 240 g/mol. The first-order chi connectivity index (χ1) is 7.68. The lowest BCUT2D eigenvalue weighted by Gasteiger charge is -2.28. The number of hydrogen-bond acceptors (Lipinski definition) is 3. The zero-order valence-electron chi connectivity index (χ0n) is 9.12. The molecule has 1 unspecified atom stereocenters. The SMILES string of the molecule is Nc1ccc(Cl)cc1C(O)C1CCNCC1. The van der Waals surface area contributed by atoms with E-state index in [1.807, 2.05) is 0 Å². The first kappa shape index (κ1) is 11.7. The van der Waals surface area contributed by atoms with Crippen molar-refractivity contribution >= 4 is 17.3 Å². The van der Waals surface area contributed by atoms with E-state index in [4.69, 9.17) is 17.3 Å². The quantitative estimate of drug-likeness (QED) is 0.693. The summed E-state index contributed by atoms with van der Waals surface area (Å²) in [5.74, 6) is 0.280. The number of anilines is 1. The Morgan fingerprint density at radius 1 is 1.38 bits per heavy atom. The van der Waals surface area contributed by atoms with E-state index in [1.54, 1.807) is 18.2 Å². The third-order valence-electron chi connectivity index (χ3n) is 3.20. The number of nitrogens with one attached hydrogen (secondary N) is 1. The van der Waals surface area contributed by atoms with E-state index in [0.29, 0.717) is 10.7 Å². The number of nitrogens with two attached hydrogens (primary N) is 1. The van der Waals surface area contributed by atoms with Gasteiger partial charge in [0, 0.05) is 16.3 Å². The summed E-state index contributed by atoms with van der Waals surface area (Å²) in [4.78, 5) is 0. The molecule has 3 nitrogen and oxygen atoms in total. The van der Waals surface area contributed by atoms with Gasteiger partial charge in [0.25, 0.3) is 0 Å². The van der Waals surface area contributed by atoms with Crippen molar-refractivity contribution < 1.29 is 5.11 Å². The van der Waals surface area contributed by atoms with Gasteiger partial charge < -0.3 is 16.2 Å². The van der Waals surface area contributed by atoms with E-state index in [9.17, 15) is 5.11 Å². The van der Waals surface area contributed by atoms with Crippen molar-refractivity contribution in [2.75, 3.05) is 18.8 Å². The van der Waals surface area contributed by atoms with E-state index in [1.165, 1.54) is 0 Å². The van der Waals surface area contributed by atoms with Crippen LogP contribution in [0.25, 0.3) is 0 Å². The van der Waals surface area contributed by atoms with Crippen molar-refractivity contribution in [1.82, 2.24) is 5.32 Å². The summed E-state index contributed by atoms with van der Waals surface area (Å²) in [6.45, 7) is 1.92. The molecular formula is C12H17ClN2O. The average Bonchev–Trinajstić information content (AvgIpc) is 2.32. The molecule has 0 aromatic heterocycles. The molecule has 4 heteroatoms. The molecule has 16 heavy (non-hydrogen) atoms. The second kappa shape index (κ2) is 5.04. The van der Waals surface area contributed by atoms with Crippen LogP contribution in [-0.4, -0.2) is 18.2 Å². The Morgan fingerprint density at radius 3 is 2.75 bits per heavy atom. The maximum absolute atomic E-state index is 10.3. The highest BCUT2D eigenvalue weighted by atomic mass is 35.5. The van der Waals surface area contributed by atoms with E-state index >= 15 is 0 Å². The summed E-state index contributed by atoms with van der Waals surface area (Å²) < 4.78 is 0. The Kier molecular flexibility index (Phi) is 3.69. The summed E-state index contributed by atoms with van der Waals surface area (Å²) >= 11 is 5.92. The molecule has 1 aromatic carbocycles. The Hall–Kier alpha value is -0.770. The maximum atomic E-state index is 10.3. The Bertz CT molecular complexity index is 364. The Labute approximate surface area is 101 Å². The second-order valence-electron chi connectivity index (χ2n) is 4.31. The average molecular weight is 241 g/mol. The largest absolute Gasteiger partial charge is 0.398 e. The summed E-state index contributed by atoms with van der Waals surface area (Å²) in [6.07, 6.45) is 1.46. The predicted molar refractivity (Wildman–Crippen MR) is 66.4 cm³/mol. The number of aliphatic hydroxyl groups is 1. The normalized spacial score (nSPS) is 19.6. The van der Waals surface area contributed by atoms with Gasteiger partial charge in [0.15, 0.2) is 0 Å². The molecule has 0 amide bonds. The van der Waals surface area contributed by atoms with Crippen LogP contribution in [0.4, 0.5) is 5.69 Å². The van der Waals surface area contributed by atoms with Crippen molar-refractivity contribution in [3.63, 3.8) is 0 Å². The van der Waals surface area contributed by atoms with Crippen molar-refractivity contribution in [3.8, 4) is 0 Å². The summed E-state index contributed by atoms with van der Waals surface area (Å²) in [5, 5.41) is 14.2. The van der Waals surface area contributed by atoms with Gasteiger partial charge in [-0.1, -0.05) is 11.6 Å². The minimum atomic E-state index is -0.499. The van der Waals surface area contributed by atoms with Crippen LogP contribution in [0, 0.1) is 5.92 Å². The van der Waals surface area contributed by atoms with Gasteiger partial charge >= 0.3 is 0 Å². The van der Waals surface area contributed by atoms with Gasteiger partial charge in [-0.2, -0.15) is 0 Å². The minimum absolute atomic E-state index is 0.280. The molecule has 0 radical (unpaired) electrons. The number of halogens is 1. The third-order valence-corrected chi connectivity index (χ3v) is 3.43. The molecule has 1 heterocycles. The van der Waals surface area contributed by atoms with Crippen LogP contribution in [0.1, 0.15) is 24.5 Å². The minimum Gasteiger partial charge on any atom is -0.398 e. The highest BCUT2D eigenvalue weighted by Crippen LogP contribution is 2.33. The van der Waals surface area contributed by atoms with Gasteiger partial charge in [-0.15, -0.1) is 0 Å². The number of hydrogen-bond donors (Lipinski definition) is 3. The van der Waals surface area contributed by atoms with Gasteiger partial charge in [-0.3, -0.25) is 0 Å². The van der Waals surface area contributed by atoms with Gasteiger partial charge in [0.1, 0.15) is 0 Å². The zero-order chi connectivity index (χ0) is 11.5. The number of piperidine rings is 1. The number of nitrogen functional groups attached to an aromatic ring is 1. The molecule has 1 atom stereocenters. The second-order valence-corrected chi connectivity index (χ2v) is 4.74. The molecule has 1 aliphatic rings. The fourth-order valence-electron chi connectivity index (χ4n) is 2.22. The number of rotatable bonds is 2. The Balaban J connectivity index is 2.18. The van der Waals surface area contributed by atoms with Gasteiger partial charge in [0.2, 0.25) is 0 Å². The number of benzene rings is 1. The van der Waals surface area contributed by atoms with Crippen molar-refractivity contribution in [1.29, 1.82) is 0 Å². The van der Waals surface area contributed by atoms with Crippen LogP contribution >= 0.6 is 11.6 Å².